The molecule has 0 saturated carbocycles. The molecule has 38 heavy (non-hydrogen) atoms. The van der Waals surface area contributed by atoms with Crippen LogP contribution in [0.15, 0.2) is 77.5 Å². The van der Waals surface area contributed by atoms with E-state index in [0.29, 0.717) is 22.7 Å². The van der Waals surface area contributed by atoms with Crippen molar-refractivity contribution in [1.82, 2.24) is 0 Å². The second-order valence-electron chi connectivity index (χ2n) is 9.51. The highest BCUT2D eigenvalue weighted by atomic mass is 35.5. The number of anilines is 2. The van der Waals surface area contributed by atoms with Gasteiger partial charge >= 0.3 is 5.97 Å². The van der Waals surface area contributed by atoms with Gasteiger partial charge in [-0.3, -0.25) is 9.59 Å². The van der Waals surface area contributed by atoms with Crippen LogP contribution in [0.3, 0.4) is 0 Å². The molecule has 8 nitrogen and oxygen atoms in total. The average molecular weight is 535 g/mol. The quantitative estimate of drug-likeness (QED) is 0.237. The van der Waals surface area contributed by atoms with Crippen LogP contribution in [0.4, 0.5) is 11.4 Å². The predicted octanol–water partition coefficient (Wildman–Crippen LogP) is 5.66. The molecule has 0 radical (unpaired) electrons. The zero-order valence-corrected chi connectivity index (χ0v) is 22.4. The molecule has 2 amide bonds. The maximum absolute atomic E-state index is 13.2. The van der Waals surface area contributed by atoms with Crippen molar-refractivity contribution in [3.63, 3.8) is 0 Å². The van der Waals surface area contributed by atoms with Crippen LogP contribution in [0, 0.1) is 0 Å². The number of hydrogen-bond donors (Lipinski definition) is 1. The van der Waals surface area contributed by atoms with Gasteiger partial charge in [-0.1, -0.05) is 50.6 Å². The third-order valence-electron chi connectivity index (χ3n) is 5.94. The van der Waals surface area contributed by atoms with Gasteiger partial charge in [-0.15, -0.1) is 0 Å². The summed E-state index contributed by atoms with van der Waals surface area (Å²) in [4.78, 5) is 39.8. The van der Waals surface area contributed by atoms with Gasteiger partial charge < -0.3 is 19.5 Å². The minimum absolute atomic E-state index is 0.0935. The number of benzene rings is 3. The number of hydrogen-bond acceptors (Lipinski definition) is 7. The van der Waals surface area contributed by atoms with Crippen LogP contribution in [-0.2, 0) is 15.0 Å². The number of rotatable bonds is 7. The third-order valence-corrected chi connectivity index (χ3v) is 6.29. The van der Waals surface area contributed by atoms with E-state index in [9.17, 15) is 14.4 Å². The summed E-state index contributed by atoms with van der Waals surface area (Å²) in [5.41, 5.74) is 1.62. The molecule has 3 aromatic carbocycles. The molecule has 4 rings (SSSR count). The number of ether oxygens (including phenoxy) is 3. The van der Waals surface area contributed by atoms with Crippen molar-refractivity contribution >= 4 is 40.8 Å². The van der Waals surface area contributed by atoms with Crippen LogP contribution in [0.25, 0.3) is 0 Å². The van der Waals surface area contributed by atoms with Crippen molar-refractivity contribution in [2.45, 2.75) is 26.2 Å². The van der Waals surface area contributed by atoms with Gasteiger partial charge in [0.2, 0.25) is 0 Å². The van der Waals surface area contributed by atoms with Gasteiger partial charge in [-0.2, -0.15) is 0 Å². The second-order valence-corrected chi connectivity index (χ2v) is 9.89. The molecule has 196 valence electrons. The Morgan fingerprint density at radius 1 is 0.868 bits per heavy atom. The van der Waals surface area contributed by atoms with E-state index in [1.807, 2.05) is 39.0 Å². The lowest BCUT2D eigenvalue weighted by molar-refractivity contribution is -0.120. The van der Waals surface area contributed by atoms with Gasteiger partial charge in [0, 0.05) is 17.3 Å². The molecule has 0 unspecified atom stereocenters. The number of methoxy groups -OCH3 is 2. The molecule has 9 heteroatoms. The fourth-order valence-corrected chi connectivity index (χ4v) is 4.18. The third kappa shape index (κ3) is 5.21. The van der Waals surface area contributed by atoms with Crippen molar-refractivity contribution in [2.24, 2.45) is 0 Å². The molecule has 0 spiro atoms. The van der Waals surface area contributed by atoms with Crippen LogP contribution in [-0.4, -0.2) is 32.0 Å². The first kappa shape index (κ1) is 26.8. The highest BCUT2D eigenvalue weighted by Crippen LogP contribution is 2.38. The van der Waals surface area contributed by atoms with E-state index in [4.69, 9.17) is 25.8 Å². The van der Waals surface area contributed by atoms with Crippen molar-refractivity contribution in [3.8, 4) is 17.2 Å². The van der Waals surface area contributed by atoms with Gasteiger partial charge in [-0.05, 0) is 47.9 Å². The first-order valence-electron chi connectivity index (χ1n) is 11.7. The van der Waals surface area contributed by atoms with E-state index < -0.39 is 17.8 Å². The normalized spacial score (nSPS) is 13.6. The van der Waals surface area contributed by atoms with Crippen LogP contribution >= 0.6 is 11.6 Å². The lowest BCUT2D eigenvalue weighted by atomic mass is 9.86. The number of amides is 2. The van der Waals surface area contributed by atoms with Crippen LogP contribution in [0.2, 0.25) is 0 Å². The molecule has 0 aliphatic carbocycles. The maximum Gasteiger partial charge on any atom is 0.343 e. The van der Waals surface area contributed by atoms with E-state index in [0.717, 1.165) is 10.5 Å². The summed E-state index contributed by atoms with van der Waals surface area (Å²) in [7, 11) is 2.92. The summed E-state index contributed by atoms with van der Waals surface area (Å²) >= 11 is 6.26. The zero-order valence-electron chi connectivity index (χ0n) is 21.6. The first-order valence-corrected chi connectivity index (χ1v) is 12.1. The minimum atomic E-state index is -0.694. The summed E-state index contributed by atoms with van der Waals surface area (Å²) in [6, 6.07) is 18.4. The van der Waals surface area contributed by atoms with Crippen LogP contribution in [0.1, 0.15) is 36.7 Å². The molecule has 1 N–H and O–H groups in total. The predicted molar refractivity (Wildman–Crippen MR) is 145 cm³/mol. The molecule has 0 saturated heterocycles. The Morgan fingerprint density at radius 2 is 1.55 bits per heavy atom. The van der Waals surface area contributed by atoms with Crippen molar-refractivity contribution in [1.29, 1.82) is 0 Å². The van der Waals surface area contributed by atoms with E-state index >= 15 is 0 Å². The molecule has 1 aliphatic rings. The van der Waals surface area contributed by atoms with Crippen molar-refractivity contribution in [3.05, 3.63) is 88.6 Å². The van der Waals surface area contributed by atoms with Gasteiger partial charge in [0.05, 0.1) is 25.5 Å². The lowest BCUT2D eigenvalue weighted by Gasteiger charge is -2.22. The van der Waals surface area contributed by atoms with Crippen molar-refractivity contribution in [2.75, 3.05) is 24.4 Å². The molecule has 0 bridgehead atoms. The number of carbonyl (C=O) groups is 3. The summed E-state index contributed by atoms with van der Waals surface area (Å²) < 4.78 is 16.2. The van der Waals surface area contributed by atoms with Gasteiger partial charge in [0.1, 0.15) is 28.0 Å². The number of nitrogens with zero attached hydrogens (tertiary/aromatic N) is 1. The topological polar surface area (TPSA) is 94.2 Å². The standard InChI is InChI=1S/C29H27ClN2O6/c1-29(2,3)20-8-6-7-9-22(20)38-28(35)17-10-12-18(13-11-17)31-25-24(30)26(33)32(27(25)34)21-15-14-19(36-4)16-23(21)37-5/h6-16,31H,1-5H3. The molecule has 1 aliphatic heterocycles. The largest absolute Gasteiger partial charge is 0.497 e. The second kappa shape index (κ2) is 10.6. The van der Waals surface area contributed by atoms with Crippen LogP contribution < -0.4 is 24.4 Å². The molecule has 3 aromatic rings. The van der Waals surface area contributed by atoms with Crippen molar-refractivity contribution < 1.29 is 28.6 Å². The molecule has 0 atom stereocenters. The Balaban J connectivity index is 1.51. The summed E-state index contributed by atoms with van der Waals surface area (Å²) in [6.45, 7) is 6.13. The van der Waals surface area contributed by atoms with E-state index in [2.05, 4.69) is 5.32 Å². The number of esters is 1. The highest BCUT2D eigenvalue weighted by Gasteiger charge is 2.40. The Labute approximate surface area is 225 Å². The zero-order chi connectivity index (χ0) is 27.6. The molecule has 0 aromatic heterocycles. The van der Waals surface area contributed by atoms with Gasteiger partial charge in [0.15, 0.2) is 0 Å². The summed E-state index contributed by atoms with van der Waals surface area (Å²) in [5, 5.41) is 2.63. The lowest BCUT2D eigenvalue weighted by Crippen LogP contribution is -2.32. The Morgan fingerprint density at radius 3 is 2.18 bits per heavy atom. The van der Waals surface area contributed by atoms with E-state index in [1.54, 1.807) is 48.5 Å². The average Bonchev–Trinajstić information content (AvgIpc) is 3.11. The van der Waals surface area contributed by atoms with E-state index in [1.165, 1.54) is 14.2 Å². The smallest absolute Gasteiger partial charge is 0.343 e. The fraction of sp³-hybridized carbons (Fsp3) is 0.207. The van der Waals surface area contributed by atoms with E-state index in [-0.39, 0.29) is 27.6 Å². The number of imide groups is 1. The number of halogens is 1. The highest BCUT2D eigenvalue weighted by molar-refractivity contribution is 6.53. The minimum Gasteiger partial charge on any atom is -0.497 e. The Hall–Kier alpha value is -4.30. The maximum atomic E-state index is 13.2. The number of carbonyl (C=O) groups excluding carboxylic acids is 3. The van der Waals surface area contributed by atoms with Gasteiger partial charge in [-0.25, -0.2) is 9.69 Å². The number of para-hydroxylation sites is 1. The monoisotopic (exact) mass is 534 g/mol. The molecule has 1 heterocycles. The first-order chi connectivity index (χ1) is 18.0. The summed E-state index contributed by atoms with van der Waals surface area (Å²) in [5.74, 6) is -0.593. The Bertz CT molecular complexity index is 1440. The SMILES string of the molecule is COc1ccc(N2C(=O)C(Cl)=C(Nc3ccc(C(=O)Oc4ccccc4C(C)(C)C)cc3)C2=O)c(OC)c1. The number of nitrogens with one attached hydrogen (secondary N) is 1. The van der Waals surface area contributed by atoms with Crippen LogP contribution in [0.5, 0.6) is 17.2 Å². The molecular formula is C29H27ClN2O6. The fourth-order valence-electron chi connectivity index (χ4n) is 3.97. The van der Waals surface area contributed by atoms with Gasteiger partial charge in [0.25, 0.3) is 11.8 Å². The molecular weight excluding hydrogens is 508 g/mol. The Kier molecular flexibility index (Phi) is 7.46. The summed E-state index contributed by atoms with van der Waals surface area (Å²) in [6.07, 6.45) is 0. The molecule has 0 fully saturated rings.